The van der Waals surface area contributed by atoms with E-state index >= 15 is 0 Å². The molecule has 0 radical (unpaired) electrons. The van der Waals surface area contributed by atoms with Crippen molar-refractivity contribution in [3.8, 4) is 0 Å². The lowest BCUT2D eigenvalue weighted by Gasteiger charge is -2.37. The van der Waals surface area contributed by atoms with Gasteiger partial charge in [-0.1, -0.05) is 12.8 Å². The summed E-state index contributed by atoms with van der Waals surface area (Å²) in [5, 5.41) is 10.2. The fraction of sp³-hybridized carbons (Fsp3) is 0.625. The Hall–Kier alpha value is -1.62. The highest BCUT2D eigenvalue weighted by molar-refractivity contribution is 5.94. The number of nitrogens with one attached hydrogen (secondary N) is 1. The van der Waals surface area contributed by atoms with Crippen LogP contribution in [0.1, 0.15) is 48.9 Å². The maximum atomic E-state index is 12.7. The van der Waals surface area contributed by atoms with Crippen LogP contribution < -0.4 is 5.43 Å². The molecule has 0 bridgehead atoms. The van der Waals surface area contributed by atoms with Gasteiger partial charge in [-0.2, -0.15) is 0 Å². The molecular formula is C16H22N2O3. The first-order valence-electron chi connectivity index (χ1n) is 7.84. The van der Waals surface area contributed by atoms with E-state index < -0.39 is 0 Å². The quantitative estimate of drug-likeness (QED) is 0.867. The van der Waals surface area contributed by atoms with Crippen LogP contribution in [0.5, 0.6) is 0 Å². The van der Waals surface area contributed by atoms with Crippen LogP contribution in [0.25, 0.3) is 0 Å². The number of aromatic nitrogens is 1. The summed E-state index contributed by atoms with van der Waals surface area (Å²) in [7, 11) is 0. The van der Waals surface area contributed by atoms with E-state index in [1.54, 1.807) is 0 Å². The number of pyridine rings is 1. The van der Waals surface area contributed by atoms with Gasteiger partial charge in [0.2, 0.25) is 0 Å². The van der Waals surface area contributed by atoms with Crippen LogP contribution in [0.3, 0.4) is 0 Å². The second kappa shape index (κ2) is 6.02. The molecule has 2 fully saturated rings. The molecule has 1 aliphatic heterocycles. The van der Waals surface area contributed by atoms with Gasteiger partial charge in [-0.05, 0) is 25.7 Å². The second-order valence-electron chi connectivity index (χ2n) is 6.15. The van der Waals surface area contributed by atoms with Gasteiger partial charge >= 0.3 is 0 Å². The molecule has 2 heterocycles. The number of carbonyl (C=O) groups excluding carboxylic acids is 1. The van der Waals surface area contributed by atoms with Crippen LogP contribution in [0, 0.1) is 5.92 Å². The number of likely N-dealkylation sites (tertiary alicyclic amines) is 1. The molecule has 5 nitrogen and oxygen atoms in total. The SMILES string of the molecule is O=C(c1c[nH]ccc1=O)N1CCCC1C1CCCCC1O. The highest BCUT2D eigenvalue weighted by Crippen LogP contribution is 2.35. The third-order valence-electron chi connectivity index (χ3n) is 4.89. The first-order chi connectivity index (χ1) is 10.2. The molecule has 114 valence electrons. The fourth-order valence-electron chi connectivity index (χ4n) is 3.82. The van der Waals surface area contributed by atoms with Crippen molar-refractivity contribution in [2.75, 3.05) is 6.54 Å². The third-order valence-corrected chi connectivity index (χ3v) is 4.89. The molecule has 2 N–H and O–H groups in total. The number of aliphatic hydroxyl groups is 1. The lowest BCUT2D eigenvalue weighted by molar-refractivity contribution is 0.0211. The summed E-state index contributed by atoms with van der Waals surface area (Å²) >= 11 is 0. The van der Waals surface area contributed by atoms with Gasteiger partial charge in [0.15, 0.2) is 5.43 Å². The zero-order chi connectivity index (χ0) is 14.8. The molecule has 1 amide bonds. The first kappa shape index (κ1) is 14.3. The zero-order valence-corrected chi connectivity index (χ0v) is 12.1. The van der Waals surface area contributed by atoms with Crippen LogP contribution in [-0.2, 0) is 0 Å². The van der Waals surface area contributed by atoms with E-state index in [2.05, 4.69) is 4.98 Å². The third kappa shape index (κ3) is 2.75. The van der Waals surface area contributed by atoms with E-state index in [0.29, 0.717) is 6.54 Å². The highest BCUT2D eigenvalue weighted by Gasteiger charge is 2.39. The monoisotopic (exact) mass is 290 g/mol. The lowest BCUT2D eigenvalue weighted by Crippen LogP contribution is -2.46. The Kier molecular flexibility index (Phi) is 4.10. The standard InChI is InChI=1S/C16H22N2O3/c19-14-6-2-1-4-11(14)13-5-3-9-18(13)16(21)12-10-17-8-7-15(12)20/h7-8,10-11,13-14,19H,1-6,9H2,(H,17,20). The number of rotatable bonds is 2. The predicted molar refractivity (Wildman–Crippen MR) is 79.1 cm³/mol. The van der Waals surface area contributed by atoms with Crippen LogP contribution in [0.4, 0.5) is 0 Å². The molecular weight excluding hydrogens is 268 g/mol. The molecule has 1 aliphatic carbocycles. The number of H-pyrrole nitrogens is 1. The molecule has 1 saturated carbocycles. The van der Waals surface area contributed by atoms with Crippen molar-refractivity contribution in [2.24, 2.45) is 5.92 Å². The van der Waals surface area contributed by atoms with Gasteiger partial charge in [0, 0.05) is 37.0 Å². The van der Waals surface area contributed by atoms with E-state index in [4.69, 9.17) is 0 Å². The number of aliphatic hydroxyl groups excluding tert-OH is 1. The normalized spacial score (nSPS) is 29.6. The number of hydrogen-bond donors (Lipinski definition) is 2. The van der Waals surface area contributed by atoms with Crippen molar-refractivity contribution in [3.63, 3.8) is 0 Å². The van der Waals surface area contributed by atoms with E-state index in [-0.39, 0.29) is 35.0 Å². The summed E-state index contributed by atoms with van der Waals surface area (Å²) in [4.78, 5) is 29.1. The number of aromatic amines is 1. The lowest BCUT2D eigenvalue weighted by atomic mass is 9.80. The minimum Gasteiger partial charge on any atom is -0.393 e. The van der Waals surface area contributed by atoms with Gasteiger partial charge in [-0.3, -0.25) is 9.59 Å². The van der Waals surface area contributed by atoms with Crippen LogP contribution >= 0.6 is 0 Å². The van der Waals surface area contributed by atoms with Crippen molar-refractivity contribution >= 4 is 5.91 Å². The summed E-state index contributed by atoms with van der Waals surface area (Å²) in [6.07, 6.45) is 8.57. The van der Waals surface area contributed by atoms with Crippen molar-refractivity contribution in [1.29, 1.82) is 0 Å². The minimum absolute atomic E-state index is 0.0763. The molecule has 0 spiro atoms. The summed E-state index contributed by atoms with van der Waals surface area (Å²) in [5.41, 5.74) is -0.0386. The van der Waals surface area contributed by atoms with Crippen LogP contribution in [0.2, 0.25) is 0 Å². The van der Waals surface area contributed by atoms with Gasteiger partial charge in [-0.25, -0.2) is 0 Å². The average Bonchev–Trinajstić information content (AvgIpc) is 2.97. The number of carbonyl (C=O) groups is 1. The molecule has 21 heavy (non-hydrogen) atoms. The maximum absolute atomic E-state index is 12.7. The smallest absolute Gasteiger partial charge is 0.259 e. The molecule has 3 rings (SSSR count). The molecule has 2 aliphatic rings. The van der Waals surface area contributed by atoms with Crippen LogP contribution in [0.15, 0.2) is 23.3 Å². The van der Waals surface area contributed by atoms with Gasteiger partial charge in [0.1, 0.15) is 5.56 Å². The van der Waals surface area contributed by atoms with Gasteiger partial charge in [0.25, 0.3) is 5.91 Å². The Morgan fingerprint density at radius 3 is 2.81 bits per heavy atom. The first-order valence-corrected chi connectivity index (χ1v) is 7.84. The van der Waals surface area contributed by atoms with E-state index in [0.717, 1.165) is 38.5 Å². The highest BCUT2D eigenvalue weighted by atomic mass is 16.3. The molecule has 5 heteroatoms. The molecule has 3 atom stereocenters. The van der Waals surface area contributed by atoms with E-state index in [1.807, 2.05) is 4.90 Å². The minimum atomic E-state index is -0.314. The fourth-order valence-corrected chi connectivity index (χ4v) is 3.82. The van der Waals surface area contributed by atoms with Gasteiger partial charge in [0.05, 0.1) is 6.10 Å². The Morgan fingerprint density at radius 2 is 2.05 bits per heavy atom. The number of hydrogen-bond acceptors (Lipinski definition) is 3. The molecule has 1 aromatic rings. The molecule has 1 saturated heterocycles. The maximum Gasteiger partial charge on any atom is 0.259 e. The Morgan fingerprint density at radius 1 is 1.24 bits per heavy atom. The predicted octanol–water partition coefficient (Wildman–Crippen LogP) is 1.53. The summed E-state index contributed by atoms with van der Waals surface area (Å²) < 4.78 is 0. The topological polar surface area (TPSA) is 73.4 Å². The number of amides is 1. The molecule has 0 aromatic carbocycles. The zero-order valence-electron chi connectivity index (χ0n) is 12.1. The summed E-state index contributed by atoms with van der Waals surface area (Å²) in [5.74, 6) is -0.0369. The second-order valence-corrected chi connectivity index (χ2v) is 6.15. The Bertz CT molecular complexity index is 569. The molecule has 3 unspecified atom stereocenters. The van der Waals surface area contributed by atoms with Gasteiger partial charge < -0.3 is 15.0 Å². The van der Waals surface area contributed by atoms with Crippen molar-refractivity contribution < 1.29 is 9.90 Å². The van der Waals surface area contributed by atoms with Crippen molar-refractivity contribution in [1.82, 2.24) is 9.88 Å². The summed E-state index contributed by atoms with van der Waals surface area (Å²) in [6.45, 7) is 0.682. The average molecular weight is 290 g/mol. The van der Waals surface area contributed by atoms with Crippen molar-refractivity contribution in [2.45, 2.75) is 50.7 Å². The van der Waals surface area contributed by atoms with E-state index in [1.165, 1.54) is 18.5 Å². The summed E-state index contributed by atoms with van der Waals surface area (Å²) in [6, 6.07) is 1.46. The van der Waals surface area contributed by atoms with E-state index in [9.17, 15) is 14.7 Å². The Balaban J connectivity index is 1.82. The molecule has 1 aromatic heterocycles. The largest absolute Gasteiger partial charge is 0.393 e. The van der Waals surface area contributed by atoms with Crippen molar-refractivity contribution in [3.05, 3.63) is 34.2 Å². The Labute approximate surface area is 124 Å². The van der Waals surface area contributed by atoms with Gasteiger partial charge in [-0.15, -0.1) is 0 Å². The van der Waals surface area contributed by atoms with Crippen LogP contribution in [-0.4, -0.2) is 39.6 Å². The number of nitrogens with zero attached hydrogens (tertiary/aromatic N) is 1.